The van der Waals surface area contributed by atoms with Crippen LogP contribution in [0.2, 0.25) is 0 Å². The van der Waals surface area contributed by atoms with Gasteiger partial charge in [-0.2, -0.15) is 10.5 Å². The number of alkyl halides is 2. The molecule has 0 aliphatic carbocycles. The summed E-state index contributed by atoms with van der Waals surface area (Å²) >= 11 is 0. The molecule has 1 heterocycles. The minimum Gasteiger partial charge on any atom is -0.252 e. The minimum atomic E-state index is -3.08. The van der Waals surface area contributed by atoms with Gasteiger partial charge in [-0.15, -0.1) is 0 Å². The zero-order valence-electron chi connectivity index (χ0n) is 7.34. The zero-order valence-corrected chi connectivity index (χ0v) is 7.34. The van der Waals surface area contributed by atoms with Crippen molar-refractivity contribution >= 4 is 0 Å². The Morgan fingerprint density at radius 3 is 2.53 bits per heavy atom. The van der Waals surface area contributed by atoms with Gasteiger partial charge in [0, 0.05) is 11.8 Å². The molecule has 0 atom stereocenters. The van der Waals surface area contributed by atoms with Gasteiger partial charge in [0.05, 0.1) is 18.1 Å². The number of nitrogens with zero attached hydrogens (tertiary/aromatic N) is 3. The quantitative estimate of drug-likeness (QED) is 0.752. The predicted octanol–water partition coefficient (Wildman–Crippen LogP) is 2.10. The molecule has 76 valence electrons. The average molecular weight is 211 g/mol. The van der Waals surface area contributed by atoms with Crippen molar-refractivity contribution in [1.82, 2.24) is 4.98 Å². The van der Waals surface area contributed by atoms with Gasteiger partial charge >= 0.3 is 0 Å². The van der Waals surface area contributed by atoms with Crippen LogP contribution < -0.4 is 0 Å². The molecule has 3 nitrogen and oxygen atoms in total. The Balaban J connectivity index is 3.35. The van der Waals surface area contributed by atoms with Crippen LogP contribution in [0.25, 0.3) is 0 Å². The van der Waals surface area contributed by atoms with E-state index in [9.17, 15) is 13.2 Å². The van der Waals surface area contributed by atoms with Gasteiger partial charge in [-0.3, -0.25) is 4.98 Å². The van der Waals surface area contributed by atoms with Crippen molar-refractivity contribution in [3.63, 3.8) is 0 Å². The molecular formula is C9H4F3N3. The number of hydrogen-bond acceptors (Lipinski definition) is 3. The van der Waals surface area contributed by atoms with Crippen molar-refractivity contribution in [2.24, 2.45) is 0 Å². The van der Waals surface area contributed by atoms with Crippen LogP contribution in [0.15, 0.2) is 6.20 Å². The molecule has 0 fully saturated rings. The maximum Gasteiger partial charge on any atom is 0.283 e. The first-order valence-corrected chi connectivity index (χ1v) is 3.84. The summed E-state index contributed by atoms with van der Waals surface area (Å²) in [6.45, 7) is 0. The van der Waals surface area contributed by atoms with E-state index in [4.69, 9.17) is 10.5 Å². The second-order valence-corrected chi connectivity index (χ2v) is 2.61. The van der Waals surface area contributed by atoms with Crippen LogP contribution in [0, 0.1) is 28.5 Å². The largest absolute Gasteiger partial charge is 0.283 e. The van der Waals surface area contributed by atoms with E-state index in [2.05, 4.69) is 4.98 Å². The fourth-order valence-corrected chi connectivity index (χ4v) is 1.03. The van der Waals surface area contributed by atoms with Crippen molar-refractivity contribution in [2.75, 3.05) is 0 Å². The highest BCUT2D eigenvalue weighted by atomic mass is 19.3. The molecule has 15 heavy (non-hydrogen) atoms. The summed E-state index contributed by atoms with van der Waals surface area (Å²) in [6.07, 6.45) is -2.39. The van der Waals surface area contributed by atoms with E-state index in [-0.39, 0.29) is 12.0 Å². The first-order valence-electron chi connectivity index (χ1n) is 3.84. The highest BCUT2D eigenvalue weighted by Crippen LogP contribution is 2.23. The Hall–Kier alpha value is -2.08. The van der Waals surface area contributed by atoms with E-state index in [1.807, 2.05) is 0 Å². The molecule has 0 aromatic carbocycles. The maximum atomic E-state index is 13.2. The highest BCUT2D eigenvalue weighted by Gasteiger charge is 2.20. The molecule has 0 unspecified atom stereocenters. The molecule has 0 aliphatic rings. The SMILES string of the molecule is N#CCc1cnc(C(F)F)c(F)c1C#N. The summed E-state index contributed by atoms with van der Waals surface area (Å²) in [4.78, 5) is 3.18. The topological polar surface area (TPSA) is 60.5 Å². The van der Waals surface area contributed by atoms with E-state index in [1.165, 1.54) is 6.07 Å². The van der Waals surface area contributed by atoms with Crippen LogP contribution in [-0.4, -0.2) is 4.98 Å². The Bertz CT molecular complexity index is 457. The fourth-order valence-electron chi connectivity index (χ4n) is 1.03. The minimum absolute atomic E-state index is 0.0156. The molecule has 0 radical (unpaired) electrons. The van der Waals surface area contributed by atoms with Crippen molar-refractivity contribution in [3.05, 3.63) is 28.8 Å². The van der Waals surface area contributed by atoms with Crippen molar-refractivity contribution in [2.45, 2.75) is 12.8 Å². The van der Waals surface area contributed by atoms with Crippen molar-refractivity contribution < 1.29 is 13.2 Å². The molecule has 0 amide bonds. The lowest BCUT2D eigenvalue weighted by molar-refractivity contribution is 0.140. The molecule has 1 aromatic rings. The molecule has 0 saturated carbocycles. The number of rotatable bonds is 2. The number of halogens is 3. The second-order valence-electron chi connectivity index (χ2n) is 2.61. The molecule has 0 N–H and O–H groups in total. The van der Waals surface area contributed by atoms with Gasteiger partial charge in [0.25, 0.3) is 6.43 Å². The molecule has 0 saturated heterocycles. The summed E-state index contributed by atoms with van der Waals surface area (Å²) in [6, 6.07) is 3.13. The van der Waals surface area contributed by atoms with E-state index in [0.29, 0.717) is 0 Å². The van der Waals surface area contributed by atoms with Crippen LogP contribution in [0.3, 0.4) is 0 Å². The fraction of sp³-hybridized carbons (Fsp3) is 0.222. The van der Waals surface area contributed by atoms with Crippen LogP contribution >= 0.6 is 0 Å². The van der Waals surface area contributed by atoms with Gasteiger partial charge in [-0.1, -0.05) is 0 Å². The number of pyridine rings is 1. The van der Waals surface area contributed by atoms with Gasteiger partial charge in [0.15, 0.2) is 5.82 Å². The monoisotopic (exact) mass is 211 g/mol. The summed E-state index contributed by atoms with van der Waals surface area (Å²) in [7, 11) is 0. The van der Waals surface area contributed by atoms with E-state index >= 15 is 0 Å². The summed E-state index contributed by atoms with van der Waals surface area (Å²) in [5, 5.41) is 16.9. The maximum absolute atomic E-state index is 13.2. The molecular weight excluding hydrogens is 207 g/mol. The standard InChI is InChI=1S/C9H4F3N3/c10-7-6(3-14)5(1-2-13)4-15-8(7)9(11)12/h4,9H,1H2. The van der Waals surface area contributed by atoms with Crippen LogP contribution in [-0.2, 0) is 6.42 Å². The molecule has 1 aromatic heterocycles. The van der Waals surface area contributed by atoms with Crippen LogP contribution in [0.5, 0.6) is 0 Å². The number of nitriles is 2. The van der Waals surface area contributed by atoms with E-state index in [1.54, 1.807) is 6.07 Å². The Morgan fingerprint density at radius 1 is 1.40 bits per heavy atom. The first-order chi connectivity index (χ1) is 7.11. The molecule has 1 rings (SSSR count). The van der Waals surface area contributed by atoms with Crippen LogP contribution in [0.1, 0.15) is 23.2 Å². The van der Waals surface area contributed by atoms with E-state index < -0.39 is 23.5 Å². The lowest BCUT2D eigenvalue weighted by Crippen LogP contribution is -2.02. The summed E-state index contributed by atoms with van der Waals surface area (Å²) < 4.78 is 37.6. The Labute approximate surface area is 83.4 Å². The number of aromatic nitrogens is 1. The lowest BCUT2D eigenvalue weighted by Gasteiger charge is -2.04. The zero-order chi connectivity index (χ0) is 11.4. The lowest BCUT2D eigenvalue weighted by atomic mass is 10.1. The molecule has 6 heteroatoms. The Morgan fingerprint density at radius 2 is 2.07 bits per heavy atom. The summed E-state index contributed by atoms with van der Waals surface area (Å²) in [5.74, 6) is -1.35. The smallest absolute Gasteiger partial charge is 0.252 e. The third kappa shape index (κ3) is 2.05. The molecule has 0 aliphatic heterocycles. The average Bonchev–Trinajstić information content (AvgIpc) is 2.18. The van der Waals surface area contributed by atoms with Gasteiger partial charge in [0.1, 0.15) is 11.8 Å². The van der Waals surface area contributed by atoms with Gasteiger partial charge < -0.3 is 0 Å². The van der Waals surface area contributed by atoms with E-state index in [0.717, 1.165) is 6.20 Å². The van der Waals surface area contributed by atoms with Crippen molar-refractivity contribution in [1.29, 1.82) is 10.5 Å². The summed E-state index contributed by atoms with van der Waals surface area (Å²) in [5.41, 5.74) is -1.59. The third-order valence-electron chi connectivity index (χ3n) is 1.71. The normalized spacial score (nSPS) is 9.73. The second kappa shape index (κ2) is 4.43. The third-order valence-corrected chi connectivity index (χ3v) is 1.71. The molecule has 0 bridgehead atoms. The van der Waals surface area contributed by atoms with Crippen molar-refractivity contribution in [3.8, 4) is 12.1 Å². The predicted molar refractivity (Wildman–Crippen MR) is 43.2 cm³/mol. The molecule has 0 spiro atoms. The van der Waals surface area contributed by atoms with Gasteiger partial charge in [-0.05, 0) is 0 Å². The first kappa shape index (κ1) is 11.0. The highest BCUT2D eigenvalue weighted by molar-refractivity contribution is 5.40. The van der Waals surface area contributed by atoms with Gasteiger partial charge in [-0.25, -0.2) is 13.2 Å². The number of hydrogen-bond donors (Lipinski definition) is 0. The van der Waals surface area contributed by atoms with Crippen LogP contribution in [0.4, 0.5) is 13.2 Å². The Kier molecular flexibility index (Phi) is 3.25. The van der Waals surface area contributed by atoms with Gasteiger partial charge in [0.2, 0.25) is 0 Å².